The number of pyridine rings is 2. The van der Waals surface area contributed by atoms with Crippen LogP contribution in [0.15, 0.2) is 49.1 Å². The van der Waals surface area contributed by atoms with Crippen LogP contribution in [0.25, 0.3) is 28.2 Å². The largest absolute Gasteiger partial charge is 0.444 e. The number of halogens is 1. The second-order valence-electron chi connectivity index (χ2n) is 12.3. The first-order valence-electron chi connectivity index (χ1n) is 14.8. The highest BCUT2D eigenvalue weighted by atomic mass is 35.5. The summed E-state index contributed by atoms with van der Waals surface area (Å²) < 4.78 is 7.51. The molecular formula is C31H38ClN9O2. The third-order valence-corrected chi connectivity index (χ3v) is 8.21. The van der Waals surface area contributed by atoms with E-state index in [1.165, 1.54) is 0 Å². The summed E-state index contributed by atoms with van der Waals surface area (Å²) in [5.74, 6) is 1.43. The summed E-state index contributed by atoms with van der Waals surface area (Å²) in [4.78, 5) is 34.9. The minimum Gasteiger partial charge on any atom is -0.444 e. The molecule has 1 saturated heterocycles. The van der Waals surface area contributed by atoms with Crippen LogP contribution in [0, 0.1) is 0 Å². The Morgan fingerprint density at radius 1 is 0.953 bits per heavy atom. The van der Waals surface area contributed by atoms with Crippen molar-refractivity contribution in [2.24, 2.45) is 5.73 Å². The molecule has 2 fully saturated rings. The molecule has 0 atom stereocenters. The molecule has 4 aromatic rings. The minimum absolute atomic E-state index is 0.269. The first-order valence-corrected chi connectivity index (χ1v) is 15.2. The maximum absolute atomic E-state index is 12.4. The third kappa shape index (κ3) is 6.67. The second-order valence-corrected chi connectivity index (χ2v) is 12.7. The lowest BCUT2D eigenvalue weighted by Gasteiger charge is -2.36. The van der Waals surface area contributed by atoms with Crippen LogP contribution in [0.2, 0.25) is 5.02 Å². The number of hydrogen-bond donors (Lipinski definition) is 2. The summed E-state index contributed by atoms with van der Waals surface area (Å²) in [6, 6.07) is 8.67. The van der Waals surface area contributed by atoms with E-state index in [9.17, 15) is 4.79 Å². The smallest absolute Gasteiger partial charge is 0.410 e. The molecule has 1 amide bonds. The number of hydrogen-bond acceptors (Lipinski definition) is 9. The number of piperazine rings is 1. The van der Waals surface area contributed by atoms with Crippen molar-refractivity contribution >= 4 is 35.1 Å². The highest BCUT2D eigenvalue weighted by Crippen LogP contribution is 2.30. The molecule has 0 radical (unpaired) electrons. The predicted octanol–water partition coefficient (Wildman–Crippen LogP) is 5.25. The molecule has 11 nitrogen and oxygen atoms in total. The molecule has 0 spiro atoms. The third-order valence-electron chi connectivity index (χ3n) is 7.93. The van der Waals surface area contributed by atoms with Gasteiger partial charge in [0.2, 0.25) is 5.95 Å². The quantitative estimate of drug-likeness (QED) is 0.314. The van der Waals surface area contributed by atoms with Gasteiger partial charge in [0.05, 0.1) is 23.1 Å². The van der Waals surface area contributed by atoms with Gasteiger partial charge in [-0.05, 0) is 70.7 Å². The number of anilines is 2. The SMILES string of the molecule is CC(C)(C)OC(=O)N1CCN(c2ccc(-c3ccc4ncc(-c5nc(NC6CCC(N)CC6)ncc5Cl)n4c3)cn2)CC1. The molecule has 226 valence electrons. The summed E-state index contributed by atoms with van der Waals surface area (Å²) in [5.41, 5.74) is 9.72. The van der Waals surface area contributed by atoms with Crippen LogP contribution in [-0.4, -0.2) is 79.2 Å². The Labute approximate surface area is 256 Å². The van der Waals surface area contributed by atoms with E-state index in [0.717, 1.165) is 54.0 Å². The van der Waals surface area contributed by atoms with Crippen LogP contribution >= 0.6 is 11.6 Å². The van der Waals surface area contributed by atoms with Crippen molar-refractivity contribution in [1.82, 2.24) is 29.2 Å². The Kier molecular flexibility index (Phi) is 8.11. The number of carbonyl (C=O) groups is 1. The molecule has 5 heterocycles. The molecule has 4 aromatic heterocycles. The molecule has 3 N–H and O–H groups in total. The lowest BCUT2D eigenvalue weighted by atomic mass is 9.92. The molecule has 1 saturated carbocycles. The number of imidazole rings is 1. The van der Waals surface area contributed by atoms with Gasteiger partial charge in [0, 0.05) is 61.8 Å². The Bertz CT molecular complexity index is 1590. The Balaban J connectivity index is 1.17. The normalized spacial score (nSPS) is 19.5. The summed E-state index contributed by atoms with van der Waals surface area (Å²) in [7, 11) is 0. The lowest BCUT2D eigenvalue weighted by molar-refractivity contribution is 0.0240. The zero-order valence-corrected chi connectivity index (χ0v) is 25.6. The zero-order chi connectivity index (χ0) is 30.1. The molecule has 0 unspecified atom stereocenters. The van der Waals surface area contributed by atoms with Gasteiger partial charge in [0.15, 0.2) is 0 Å². The highest BCUT2D eigenvalue weighted by molar-refractivity contribution is 6.32. The van der Waals surface area contributed by atoms with Crippen LogP contribution < -0.4 is 16.0 Å². The molecule has 12 heteroatoms. The summed E-state index contributed by atoms with van der Waals surface area (Å²) >= 11 is 6.60. The molecular weight excluding hydrogens is 566 g/mol. The number of nitrogens with one attached hydrogen (secondary N) is 1. The number of ether oxygens (including phenoxy) is 1. The van der Waals surface area contributed by atoms with Crippen molar-refractivity contribution < 1.29 is 9.53 Å². The van der Waals surface area contributed by atoms with Crippen LogP contribution in [0.3, 0.4) is 0 Å². The van der Waals surface area contributed by atoms with E-state index in [2.05, 4.69) is 26.3 Å². The maximum atomic E-state index is 12.4. The number of nitrogens with two attached hydrogens (primary N) is 1. The Morgan fingerprint density at radius 3 is 2.40 bits per heavy atom. The van der Waals surface area contributed by atoms with Crippen molar-refractivity contribution in [3.63, 3.8) is 0 Å². The van der Waals surface area contributed by atoms with Gasteiger partial charge in [-0.2, -0.15) is 0 Å². The van der Waals surface area contributed by atoms with Gasteiger partial charge < -0.3 is 25.6 Å². The fourth-order valence-electron chi connectivity index (χ4n) is 5.58. The minimum atomic E-state index is -0.503. The Morgan fingerprint density at radius 2 is 1.70 bits per heavy atom. The first-order chi connectivity index (χ1) is 20.6. The van der Waals surface area contributed by atoms with Crippen LogP contribution in [0.1, 0.15) is 46.5 Å². The average molecular weight is 604 g/mol. The summed E-state index contributed by atoms with van der Waals surface area (Å²) in [6.45, 7) is 8.22. The number of fused-ring (bicyclic) bond motifs is 1. The molecule has 0 aromatic carbocycles. The average Bonchev–Trinajstić information content (AvgIpc) is 3.42. The number of carbonyl (C=O) groups excluding carboxylic acids is 1. The fourth-order valence-corrected chi connectivity index (χ4v) is 5.77. The molecule has 0 bridgehead atoms. The van der Waals surface area contributed by atoms with Gasteiger partial charge in [0.1, 0.15) is 22.8 Å². The van der Waals surface area contributed by atoms with E-state index < -0.39 is 5.60 Å². The van der Waals surface area contributed by atoms with E-state index >= 15 is 0 Å². The van der Waals surface area contributed by atoms with Gasteiger partial charge in [-0.3, -0.25) is 4.40 Å². The number of aromatic nitrogens is 5. The van der Waals surface area contributed by atoms with Crippen molar-refractivity contribution in [2.45, 2.75) is 64.1 Å². The number of amides is 1. The van der Waals surface area contributed by atoms with Gasteiger partial charge in [-0.1, -0.05) is 11.6 Å². The van der Waals surface area contributed by atoms with Crippen molar-refractivity contribution in [1.29, 1.82) is 0 Å². The second kappa shape index (κ2) is 12.0. The van der Waals surface area contributed by atoms with Crippen molar-refractivity contribution in [3.8, 4) is 22.5 Å². The van der Waals surface area contributed by atoms with Crippen LogP contribution in [-0.2, 0) is 4.74 Å². The topological polar surface area (TPSA) is 127 Å². The summed E-state index contributed by atoms with van der Waals surface area (Å²) in [6.07, 6.45) is 11.0. The van der Waals surface area contributed by atoms with Gasteiger partial charge in [0.25, 0.3) is 0 Å². The van der Waals surface area contributed by atoms with E-state index in [0.29, 0.717) is 48.9 Å². The van der Waals surface area contributed by atoms with Gasteiger partial charge in [-0.15, -0.1) is 0 Å². The summed E-state index contributed by atoms with van der Waals surface area (Å²) in [5, 5.41) is 3.92. The lowest BCUT2D eigenvalue weighted by Crippen LogP contribution is -2.50. The number of rotatable bonds is 5. The highest BCUT2D eigenvalue weighted by Gasteiger charge is 2.26. The van der Waals surface area contributed by atoms with Crippen LogP contribution in [0.5, 0.6) is 0 Å². The van der Waals surface area contributed by atoms with E-state index in [-0.39, 0.29) is 12.1 Å². The molecule has 6 rings (SSSR count). The number of nitrogens with zero attached hydrogens (tertiary/aromatic N) is 7. The standard InChI is InChI=1S/C31H38ClN9O2/c1-31(2,3)43-30(42)40-14-12-39(13-15-40)26-10-4-20(16-34-26)21-5-11-27-35-18-25(41(27)19-21)28-24(32)17-36-29(38-28)37-23-8-6-22(33)7-9-23/h4-5,10-11,16-19,22-23H,6-9,12-15,33H2,1-3H3,(H,36,37,38). The Hall–Kier alpha value is -3.96. The first kappa shape index (κ1) is 29.1. The molecule has 2 aliphatic rings. The maximum Gasteiger partial charge on any atom is 0.410 e. The van der Waals surface area contributed by atoms with Gasteiger partial charge >= 0.3 is 6.09 Å². The van der Waals surface area contributed by atoms with Crippen LogP contribution in [0.4, 0.5) is 16.6 Å². The molecule has 1 aliphatic heterocycles. The van der Waals surface area contributed by atoms with E-state index in [4.69, 9.17) is 32.0 Å². The monoisotopic (exact) mass is 603 g/mol. The predicted molar refractivity (Wildman–Crippen MR) is 168 cm³/mol. The fraction of sp³-hybridized carbons (Fsp3) is 0.452. The van der Waals surface area contributed by atoms with E-state index in [1.807, 2.05) is 55.8 Å². The van der Waals surface area contributed by atoms with Crippen molar-refractivity contribution in [3.05, 3.63) is 54.1 Å². The van der Waals surface area contributed by atoms with Gasteiger partial charge in [-0.25, -0.2) is 24.7 Å². The molecule has 1 aliphatic carbocycles. The van der Waals surface area contributed by atoms with Crippen molar-refractivity contribution in [2.75, 3.05) is 36.4 Å². The molecule has 43 heavy (non-hydrogen) atoms. The van der Waals surface area contributed by atoms with E-state index in [1.54, 1.807) is 17.3 Å². The zero-order valence-electron chi connectivity index (χ0n) is 24.8.